The number of phenols is 1. The summed E-state index contributed by atoms with van der Waals surface area (Å²) in [5.41, 5.74) is 11.2. The summed E-state index contributed by atoms with van der Waals surface area (Å²) in [6, 6.07) is 2.81. The van der Waals surface area contributed by atoms with E-state index in [1.807, 2.05) is 0 Å². The Morgan fingerprint density at radius 3 is 2.38 bits per heavy atom. The highest BCUT2D eigenvalue weighted by Crippen LogP contribution is 2.32. The molecule has 0 aliphatic rings. The molecular weight excluding hydrogens is 208 g/mol. The van der Waals surface area contributed by atoms with Gasteiger partial charge in [0.05, 0.1) is 11.4 Å². The minimum Gasteiger partial charge on any atom is -0.504 e. The highest BCUT2D eigenvalue weighted by molar-refractivity contribution is 5.69. The summed E-state index contributed by atoms with van der Waals surface area (Å²) in [5.74, 6) is 0.599. The Morgan fingerprint density at radius 2 is 1.94 bits per heavy atom. The van der Waals surface area contributed by atoms with Gasteiger partial charge in [0.25, 0.3) is 0 Å². The molecule has 1 rings (SSSR count). The average molecular weight is 222 g/mol. The molecule has 0 bridgehead atoms. The molecule has 0 heterocycles. The van der Waals surface area contributed by atoms with Crippen LogP contribution in [-0.4, -0.2) is 5.11 Å². The monoisotopic (exact) mass is 222 g/mol. The van der Waals surface area contributed by atoms with Crippen molar-refractivity contribution in [2.24, 2.45) is 0 Å². The zero-order chi connectivity index (χ0) is 12.1. The Bertz CT molecular complexity index is 404. The molecule has 0 atom stereocenters. The topological polar surface area (TPSA) is 90.7 Å². The summed E-state index contributed by atoms with van der Waals surface area (Å²) in [5, 5.41) is 9.33. The minimum atomic E-state index is -0.165. The quantitative estimate of drug-likeness (QED) is 0.181. The molecule has 0 amide bonds. The molecule has 0 saturated heterocycles. The van der Waals surface area contributed by atoms with Crippen molar-refractivity contribution >= 4 is 11.4 Å². The lowest BCUT2D eigenvalue weighted by Gasteiger charge is -2.08. The lowest BCUT2D eigenvalue weighted by atomic mass is 10.2. The number of phenolic OH excluding ortho intramolecular Hbond substituents is 1. The van der Waals surface area contributed by atoms with Crippen LogP contribution in [0.5, 0.6) is 11.5 Å². The molecule has 16 heavy (non-hydrogen) atoms. The fraction of sp³-hybridized carbons (Fsp3) is 0.0909. The van der Waals surface area contributed by atoms with Crippen molar-refractivity contribution in [1.29, 1.82) is 0 Å². The van der Waals surface area contributed by atoms with Gasteiger partial charge in [-0.25, -0.2) is 0 Å². The standard InChI is InChI=1S/C11H14N2O3/c1-3-7(4-2)15-16-8-5-9(12)11(14)10(13)6-8/h3-6,14H,1,12-13H2,2H3/b7-4+. The lowest BCUT2D eigenvalue weighted by Crippen LogP contribution is -1.98. The number of rotatable bonds is 4. The summed E-state index contributed by atoms with van der Waals surface area (Å²) < 4.78 is 0. The second kappa shape index (κ2) is 4.97. The molecule has 0 aliphatic heterocycles. The Hall–Kier alpha value is -2.30. The number of aromatic hydroxyl groups is 1. The van der Waals surface area contributed by atoms with E-state index in [-0.39, 0.29) is 17.1 Å². The van der Waals surface area contributed by atoms with Crippen LogP contribution in [0.1, 0.15) is 6.92 Å². The zero-order valence-corrected chi connectivity index (χ0v) is 8.93. The van der Waals surface area contributed by atoms with Crippen molar-refractivity contribution in [2.75, 3.05) is 11.5 Å². The predicted molar refractivity (Wildman–Crippen MR) is 62.6 cm³/mol. The first-order valence-electron chi connectivity index (χ1n) is 4.59. The first-order valence-corrected chi connectivity index (χ1v) is 4.59. The van der Waals surface area contributed by atoms with Gasteiger partial charge in [0.1, 0.15) is 0 Å². The van der Waals surface area contributed by atoms with Gasteiger partial charge >= 0.3 is 0 Å². The maximum Gasteiger partial charge on any atom is 0.183 e. The van der Waals surface area contributed by atoms with Crippen molar-refractivity contribution in [1.82, 2.24) is 0 Å². The van der Waals surface area contributed by atoms with Crippen LogP contribution in [0.3, 0.4) is 0 Å². The fourth-order valence-corrected chi connectivity index (χ4v) is 0.996. The number of benzene rings is 1. The predicted octanol–water partition coefficient (Wildman–Crippen LogP) is 1.96. The van der Waals surface area contributed by atoms with Gasteiger partial charge in [-0.05, 0) is 19.1 Å². The SMILES string of the molecule is C=C/C(=C\C)OOc1cc(N)c(O)c(N)c1. The van der Waals surface area contributed by atoms with Crippen LogP contribution in [0.4, 0.5) is 11.4 Å². The van der Waals surface area contributed by atoms with E-state index < -0.39 is 0 Å². The molecule has 0 unspecified atom stereocenters. The smallest absolute Gasteiger partial charge is 0.183 e. The van der Waals surface area contributed by atoms with E-state index in [1.165, 1.54) is 18.2 Å². The van der Waals surface area contributed by atoms with E-state index in [0.717, 1.165) is 0 Å². The van der Waals surface area contributed by atoms with Gasteiger partial charge in [-0.2, -0.15) is 0 Å². The first-order chi connectivity index (χ1) is 7.58. The van der Waals surface area contributed by atoms with Gasteiger partial charge in [-0.15, -0.1) is 0 Å². The van der Waals surface area contributed by atoms with Gasteiger partial charge in [0.2, 0.25) is 0 Å². The number of anilines is 2. The van der Waals surface area contributed by atoms with E-state index in [9.17, 15) is 5.11 Å². The third-order valence-electron chi connectivity index (χ3n) is 1.86. The highest BCUT2D eigenvalue weighted by atomic mass is 17.2. The van der Waals surface area contributed by atoms with Crippen molar-refractivity contribution < 1.29 is 14.9 Å². The fourth-order valence-electron chi connectivity index (χ4n) is 0.996. The molecule has 0 spiro atoms. The molecule has 1 aromatic rings. The van der Waals surface area contributed by atoms with Crippen LogP contribution < -0.4 is 16.4 Å². The third kappa shape index (κ3) is 2.60. The maximum absolute atomic E-state index is 9.33. The number of hydrogen-bond acceptors (Lipinski definition) is 5. The second-order valence-electron chi connectivity index (χ2n) is 3.01. The van der Waals surface area contributed by atoms with Crippen molar-refractivity contribution in [2.45, 2.75) is 6.92 Å². The molecule has 5 N–H and O–H groups in total. The van der Waals surface area contributed by atoms with Gasteiger partial charge in [0.15, 0.2) is 17.3 Å². The maximum atomic E-state index is 9.33. The Kier molecular flexibility index (Phi) is 3.66. The van der Waals surface area contributed by atoms with Crippen LogP contribution in [-0.2, 0) is 4.89 Å². The molecule has 0 fully saturated rings. The van der Waals surface area contributed by atoms with Gasteiger partial charge in [-0.1, -0.05) is 6.58 Å². The summed E-state index contributed by atoms with van der Waals surface area (Å²) in [7, 11) is 0. The van der Waals surface area contributed by atoms with Gasteiger partial charge < -0.3 is 16.6 Å². The molecule has 0 aromatic heterocycles. The molecule has 1 aromatic carbocycles. The Balaban J connectivity index is 2.79. The zero-order valence-electron chi connectivity index (χ0n) is 8.93. The van der Waals surface area contributed by atoms with Crippen molar-refractivity contribution in [3.63, 3.8) is 0 Å². The molecule has 5 heteroatoms. The Labute approximate surface area is 93.5 Å². The molecular formula is C11H14N2O3. The largest absolute Gasteiger partial charge is 0.504 e. The van der Waals surface area contributed by atoms with E-state index in [4.69, 9.17) is 21.2 Å². The first kappa shape index (κ1) is 11.8. The van der Waals surface area contributed by atoms with Crippen LogP contribution in [0.2, 0.25) is 0 Å². The van der Waals surface area contributed by atoms with Crippen LogP contribution >= 0.6 is 0 Å². The summed E-state index contributed by atoms with van der Waals surface area (Å²) >= 11 is 0. The van der Waals surface area contributed by atoms with Crippen molar-refractivity contribution in [3.05, 3.63) is 36.6 Å². The molecule has 86 valence electrons. The van der Waals surface area contributed by atoms with Crippen LogP contribution in [0.15, 0.2) is 36.6 Å². The molecule has 0 saturated carbocycles. The van der Waals surface area contributed by atoms with Crippen LogP contribution in [0.25, 0.3) is 0 Å². The average Bonchev–Trinajstić information content (AvgIpc) is 2.27. The van der Waals surface area contributed by atoms with E-state index in [1.54, 1.807) is 13.0 Å². The van der Waals surface area contributed by atoms with E-state index in [2.05, 4.69) is 6.58 Å². The summed E-state index contributed by atoms with van der Waals surface area (Å²) in [6.07, 6.45) is 3.17. The normalized spacial score (nSPS) is 10.9. The van der Waals surface area contributed by atoms with Crippen LogP contribution in [0, 0.1) is 0 Å². The number of nitrogen functional groups attached to an aromatic ring is 2. The number of allylic oxidation sites excluding steroid dienone is 2. The minimum absolute atomic E-state index is 0.124. The Morgan fingerprint density at radius 1 is 1.38 bits per heavy atom. The number of hydrogen-bond donors (Lipinski definition) is 3. The van der Waals surface area contributed by atoms with Gasteiger partial charge in [0, 0.05) is 12.1 Å². The molecule has 0 radical (unpaired) electrons. The highest BCUT2D eigenvalue weighted by Gasteiger charge is 2.06. The second-order valence-corrected chi connectivity index (χ2v) is 3.01. The number of nitrogens with two attached hydrogens (primary N) is 2. The van der Waals surface area contributed by atoms with E-state index >= 15 is 0 Å². The van der Waals surface area contributed by atoms with E-state index in [0.29, 0.717) is 11.5 Å². The van der Waals surface area contributed by atoms with Crippen molar-refractivity contribution in [3.8, 4) is 11.5 Å². The van der Waals surface area contributed by atoms with Gasteiger partial charge in [-0.3, -0.25) is 9.78 Å². The molecule has 0 aliphatic carbocycles. The lowest BCUT2D eigenvalue weighted by molar-refractivity contribution is -0.161. The third-order valence-corrected chi connectivity index (χ3v) is 1.86. The summed E-state index contributed by atoms with van der Waals surface area (Å²) in [6.45, 7) is 5.31. The molecule has 5 nitrogen and oxygen atoms in total. The summed E-state index contributed by atoms with van der Waals surface area (Å²) in [4.78, 5) is 9.88.